The minimum Gasteiger partial charge on any atom is -0.507 e. The van der Waals surface area contributed by atoms with Crippen LogP contribution >= 0.6 is 0 Å². The number of carbonyl (C=O) groups excluding carboxylic acids is 2. The summed E-state index contributed by atoms with van der Waals surface area (Å²) in [6.45, 7) is -0.428. The van der Waals surface area contributed by atoms with Gasteiger partial charge >= 0.3 is 5.97 Å². The number of aromatic nitrogens is 2. The van der Waals surface area contributed by atoms with E-state index in [1.807, 2.05) is 4.68 Å². The van der Waals surface area contributed by atoms with Gasteiger partial charge in [-0.25, -0.2) is 9.48 Å². The molecule has 1 saturated carbocycles. The molecule has 2 N–H and O–H groups in total. The van der Waals surface area contributed by atoms with E-state index in [1.165, 1.54) is 12.1 Å². The zero-order valence-electron chi connectivity index (χ0n) is 13.1. The van der Waals surface area contributed by atoms with E-state index in [0.29, 0.717) is 11.9 Å². The van der Waals surface area contributed by atoms with Crippen LogP contribution in [0.2, 0.25) is 0 Å². The topological polar surface area (TPSA) is 93.5 Å². The molecule has 1 amide bonds. The van der Waals surface area contributed by atoms with Crippen molar-refractivity contribution in [1.29, 1.82) is 0 Å². The summed E-state index contributed by atoms with van der Waals surface area (Å²) >= 11 is 0. The first kappa shape index (κ1) is 16.0. The van der Waals surface area contributed by atoms with Gasteiger partial charge in [0.05, 0.1) is 12.2 Å². The van der Waals surface area contributed by atoms with E-state index in [9.17, 15) is 14.7 Å². The molecule has 0 radical (unpaired) electrons. The smallest absolute Gasteiger partial charge is 0.342 e. The molecule has 126 valence electrons. The fraction of sp³-hybridized carbons (Fsp3) is 0.353. The highest BCUT2D eigenvalue weighted by Gasteiger charge is 2.21. The lowest BCUT2D eigenvalue weighted by atomic mass is 10.2. The van der Waals surface area contributed by atoms with E-state index >= 15 is 0 Å². The third-order valence-electron chi connectivity index (χ3n) is 4.07. The number of phenolic OH excluding ortho intramolecular Hbond substituents is 1. The Morgan fingerprint density at radius 3 is 2.75 bits per heavy atom. The molecule has 0 spiro atoms. The molecule has 1 aromatic carbocycles. The highest BCUT2D eigenvalue weighted by molar-refractivity contribution is 5.96. The van der Waals surface area contributed by atoms with Gasteiger partial charge in [-0.2, -0.15) is 5.10 Å². The van der Waals surface area contributed by atoms with Gasteiger partial charge in [-0.3, -0.25) is 4.79 Å². The normalized spacial score (nSPS) is 14.5. The molecule has 1 heterocycles. The summed E-state index contributed by atoms with van der Waals surface area (Å²) in [5, 5.41) is 16.6. The summed E-state index contributed by atoms with van der Waals surface area (Å²) in [6.07, 6.45) is 6.06. The first-order valence-corrected chi connectivity index (χ1v) is 7.93. The number of esters is 1. The molecule has 1 aromatic heterocycles. The third kappa shape index (κ3) is 3.56. The lowest BCUT2D eigenvalue weighted by Gasteiger charge is -2.14. The number of para-hydroxylation sites is 1. The number of benzene rings is 1. The van der Waals surface area contributed by atoms with Crippen LogP contribution in [-0.2, 0) is 9.53 Å². The molecule has 1 aliphatic carbocycles. The van der Waals surface area contributed by atoms with Crippen LogP contribution in [0.4, 0.5) is 5.82 Å². The molecule has 7 heteroatoms. The van der Waals surface area contributed by atoms with Gasteiger partial charge in [0.15, 0.2) is 6.61 Å². The van der Waals surface area contributed by atoms with Crippen molar-refractivity contribution in [2.75, 3.05) is 11.9 Å². The number of anilines is 1. The summed E-state index contributed by atoms with van der Waals surface area (Å²) in [7, 11) is 0. The molecule has 0 saturated heterocycles. The van der Waals surface area contributed by atoms with Crippen molar-refractivity contribution >= 4 is 17.7 Å². The van der Waals surface area contributed by atoms with E-state index in [2.05, 4.69) is 10.4 Å². The number of amides is 1. The van der Waals surface area contributed by atoms with Crippen LogP contribution in [0.1, 0.15) is 42.1 Å². The fourth-order valence-electron chi connectivity index (χ4n) is 2.89. The first-order chi connectivity index (χ1) is 11.6. The van der Waals surface area contributed by atoms with E-state index in [0.717, 1.165) is 25.7 Å². The number of hydrogen-bond acceptors (Lipinski definition) is 5. The van der Waals surface area contributed by atoms with Crippen LogP contribution in [0, 0.1) is 0 Å². The molecule has 0 unspecified atom stereocenters. The molecule has 2 aromatic rings. The van der Waals surface area contributed by atoms with Crippen LogP contribution in [-0.4, -0.2) is 33.4 Å². The van der Waals surface area contributed by atoms with E-state index in [4.69, 9.17) is 4.74 Å². The van der Waals surface area contributed by atoms with Crippen molar-refractivity contribution in [2.24, 2.45) is 0 Å². The van der Waals surface area contributed by atoms with Crippen molar-refractivity contribution in [3.8, 4) is 5.75 Å². The molecule has 0 aliphatic heterocycles. The van der Waals surface area contributed by atoms with Crippen molar-refractivity contribution in [2.45, 2.75) is 31.7 Å². The number of rotatable bonds is 5. The molecular formula is C17H19N3O4. The third-order valence-corrected chi connectivity index (χ3v) is 4.07. The second-order valence-electron chi connectivity index (χ2n) is 5.74. The van der Waals surface area contributed by atoms with Gasteiger partial charge in [-0.05, 0) is 25.0 Å². The van der Waals surface area contributed by atoms with E-state index < -0.39 is 18.5 Å². The quantitative estimate of drug-likeness (QED) is 0.822. The van der Waals surface area contributed by atoms with Crippen molar-refractivity contribution in [1.82, 2.24) is 9.78 Å². The Hall–Kier alpha value is -2.83. The number of carbonyl (C=O) groups is 2. The van der Waals surface area contributed by atoms with Crippen molar-refractivity contribution < 1.29 is 19.4 Å². The molecule has 0 bridgehead atoms. The predicted molar refractivity (Wildman–Crippen MR) is 86.8 cm³/mol. The largest absolute Gasteiger partial charge is 0.507 e. The minimum atomic E-state index is -0.743. The van der Waals surface area contributed by atoms with Gasteiger partial charge < -0.3 is 15.2 Å². The molecule has 0 atom stereocenters. The van der Waals surface area contributed by atoms with Crippen LogP contribution in [0.3, 0.4) is 0 Å². The lowest BCUT2D eigenvalue weighted by molar-refractivity contribution is -0.119. The summed E-state index contributed by atoms with van der Waals surface area (Å²) in [6, 6.07) is 8.06. The minimum absolute atomic E-state index is 0.0290. The SMILES string of the molecule is O=C(COC(=O)c1ccccc1O)Nc1ccnn1C1CCCC1. The average Bonchev–Trinajstić information content (AvgIpc) is 3.24. The zero-order chi connectivity index (χ0) is 16.9. The van der Waals surface area contributed by atoms with Gasteiger partial charge in [0, 0.05) is 6.07 Å². The number of ether oxygens (including phenoxy) is 1. The van der Waals surface area contributed by atoms with Gasteiger partial charge in [0.2, 0.25) is 0 Å². The maximum absolute atomic E-state index is 12.0. The van der Waals surface area contributed by atoms with E-state index in [-0.39, 0.29) is 11.3 Å². The monoisotopic (exact) mass is 329 g/mol. The molecule has 3 rings (SSSR count). The highest BCUT2D eigenvalue weighted by Crippen LogP contribution is 2.31. The van der Waals surface area contributed by atoms with Gasteiger partial charge in [-0.1, -0.05) is 25.0 Å². The Balaban J connectivity index is 1.56. The molecule has 1 aliphatic rings. The predicted octanol–water partition coefficient (Wildman–Crippen LogP) is 2.50. The first-order valence-electron chi connectivity index (χ1n) is 7.93. The Morgan fingerprint density at radius 1 is 1.25 bits per heavy atom. The number of hydrogen-bond donors (Lipinski definition) is 2. The van der Waals surface area contributed by atoms with Crippen molar-refractivity contribution in [3.05, 3.63) is 42.1 Å². The van der Waals surface area contributed by atoms with E-state index in [1.54, 1.807) is 24.4 Å². The summed E-state index contributed by atoms with van der Waals surface area (Å²) in [5.41, 5.74) is 0.0290. The maximum Gasteiger partial charge on any atom is 0.342 e. The standard InChI is InChI=1S/C17H19N3O4/c21-14-8-4-3-7-13(14)17(23)24-11-16(22)19-15-9-10-18-20(15)12-5-1-2-6-12/h3-4,7-10,12,21H,1-2,5-6,11H2,(H,19,22). The molecular weight excluding hydrogens is 310 g/mol. The summed E-state index contributed by atoms with van der Waals surface area (Å²) < 4.78 is 6.76. The van der Waals surface area contributed by atoms with Crippen LogP contribution in [0.5, 0.6) is 5.75 Å². The van der Waals surface area contributed by atoms with Crippen LogP contribution in [0.15, 0.2) is 36.5 Å². The van der Waals surface area contributed by atoms with Gasteiger partial charge in [0.25, 0.3) is 5.91 Å². The second kappa shape index (κ2) is 7.16. The number of aromatic hydroxyl groups is 1. The second-order valence-corrected chi connectivity index (χ2v) is 5.74. The highest BCUT2D eigenvalue weighted by atomic mass is 16.5. The molecule has 1 fully saturated rings. The zero-order valence-corrected chi connectivity index (χ0v) is 13.1. The number of phenols is 1. The number of nitrogens with one attached hydrogen (secondary N) is 1. The maximum atomic E-state index is 12.0. The average molecular weight is 329 g/mol. The number of nitrogens with zero attached hydrogens (tertiary/aromatic N) is 2. The summed E-state index contributed by atoms with van der Waals surface area (Å²) in [4.78, 5) is 23.9. The molecule has 24 heavy (non-hydrogen) atoms. The van der Waals surface area contributed by atoms with Gasteiger partial charge in [-0.15, -0.1) is 0 Å². The summed E-state index contributed by atoms with van der Waals surface area (Å²) in [5.74, 6) is -0.765. The Labute approximate surface area is 139 Å². The van der Waals surface area contributed by atoms with Crippen LogP contribution < -0.4 is 5.32 Å². The lowest BCUT2D eigenvalue weighted by Crippen LogP contribution is -2.23. The van der Waals surface area contributed by atoms with Crippen LogP contribution in [0.25, 0.3) is 0 Å². The Morgan fingerprint density at radius 2 is 2.00 bits per heavy atom. The fourth-order valence-corrected chi connectivity index (χ4v) is 2.89. The Kier molecular flexibility index (Phi) is 4.79. The Bertz CT molecular complexity index is 735. The van der Waals surface area contributed by atoms with Gasteiger partial charge in [0.1, 0.15) is 17.1 Å². The molecule has 7 nitrogen and oxygen atoms in total. The van der Waals surface area contributed by atoms with Crippen molar-refractivity contribution in [3.63, 3.8) is 0 Å².